The Kier molecular flexibility index (Phi) is 4.25. The van der Waals surface area contributed by atoms with Gasteiger partial charge in [-0.15, -0.1) is 10.2 Å². The van der Waals surface area contributed by atoms with Gasteiger partial charge in [0, 0.05) is 28.9 Å². The molecule has 0 saturated heterocycles. The predicted octanol–water partition coefficient (Wildman–Crippen LogP) is 4.34. The summed E-state index contributed by atoms with van der Waals surface area (Å²) in [4.78, 5) is 11.9. The summed E-state index contributed by atoms with van der Waals surface area (Å²) >= 11 is 5.87. The molecule has 7 heteroatoms. The average Bonchev–Trinajstić information content (AvgIpc) is 2.94. The Morgan fingerprint density at radius 3 is 2.43 bits per heavy atom. The van der Waals surface area contributed by atoms with Crippen molar-refractivity contribution in [3.05, 3.63) is 59.4 Å². The van der Waals surface area contributed by atoms with Crippen LogP contribution in [-0.4, -0.2) is 16.2 Å². The Hall–Kier alpha value is -2.86. The van der Waals surface area contributed by atoms with Gasteiger partial charge in [0.05, 0.1) is 0 Å². The van der Waals surface area contributed by atoms with Gasteiger partial charge >= 0.3 is 6.03 Å². The molecule has 2 amide bonds. The molecule has 116 valence electrons. The van der Waals surface area contributed by atoms with Crippen LogP contribution in [0.5, 0.6) is 0 Å². The van der Waals surface area contributed by atoms with Gasteiger partial charge < -0.3 is 15.1 Å². The molecule has 0 aliphatic heterocycles. The lowest BCUT2D eigenvalue weighted by atomic mass is 10.2. The summed E-state index contributed by atoms with van der Waals surface area (Å²) in [6.07, 6.45) is 0. The molecule has 6 nitrogen and oxygen atoms in total. The number of anilines is 2. The zero-order chi connectivity index (χ0) is 16.2. The first-order valence-electron chi connectivity index (χ1n) is 6.84. The number of hydrogen-bond acceptors (Lipinski definition) is 4. The molecule has 2 aromatic carbocycles. The van der Waals surface area contributed by atoms with E-state index in [1.165, 1.54) is 0 Å². The van der Waals surface area contributed by atoms with E-state index in [2.05, 4.69) is 20.8 Å². The maximum absolute atomic E-state index is 11.9. The second-order valence-electron chi connectivity index (χ2n) is 4.79. The topological polar surface area (TPSA) is 80.0 Å². The van der Waals surface area contributed by atoms with Gasteiger partial charge in [-0.2, -0.15) is 0 Å². The predicted molar refractivity (Wildman–Crippen MR) is 88.6 cm³/mol. The Balaban J connectivity index is 1.65. The Labute approximate surface area is 137 Å². The van der Waals surface area contributed by atoms with Crippen LogP contribution >= 0.6 is 11.6 Å². The van der Waals surface area contributed by atoms with Crippen molar-refractivity contribution in [2.24, 2.45) is 0 Å². The minimum absolute atomic E-state index is 0.353. The van der Waals surface area contributed by atoms with Crippen molar-refractivity contribution in [1.82, 2.24) is 10.2 Å². The number of nitrogens with zero attached hydrogens (tertiary/aromatic N) is 2. The number of nitrogens with one attached hydrogen (secondary N) is 2. The van der Waals surface area contributed by atoms with E-state index in [0.29, 0.717) is 28.2 Å². The summed E-state index contributed by atoms with van der Waals surface area (Å²) in [6.45, 7) is 1.73. The summed E-state index contributed by atoms with van der Waals surface area (Å²) in [6, 6.07) is 13.7. The van der Waals surface area contributed by atoms with Crippen LogP contribution in [0.15, 0.2) is 52.9 Å². The Morgan fingerprint density at radius 2 is 1.78 bits per heavy atom. The third-order valence-corrected chi connectivity index (χ3v) is 3.23. The fraction of sp³-hybridized carbons (Fsp3) is 0.0625. The van der Waals surface area contributed by atoms with Gasteiger partial charge in [-0.1, -0.05) is 17.7 Å². The molecule has 1 aromatic heterocycles. The third kappa shape index (κ3) is 3.87. The quantitative estimate of drug-likeness (QED) is 0.749. The summed E-state index contributed by atoms with van der Waals surface area (Å²) in [5.41, 5.74) is 2.05. The minimum atomic E-state index is -0.353. The summed E-state index contributed by atoms with van der Waals surface area (Å²) in [5, 5.41) is 13.7. The highest BCUT2D eigenvalue weighted by Crippen LogP contribution is 2.20. The van der Waals surface area contributed by atoms with E-state index in [1.807, 2.05) is 0 Å². The number of carbonyl (C=O) groups is 1. The first-order valence-corrected chi connectivity index (χ1v) is 7.22. The Morgan fingerprint density at radius 1 is 1.04 bits per heavy atom. The Bertz CT molecular complexity index is 830. The van der Waals surface area contributed by atoms with Crippen LogP contribution in [0.25, 0.3) is 11.5 Å². The van der Waals surface area contributed by atoms with Crippen molar-refractivity contribution in [2.75, 3.05) is 10.6 Å². The molecule has 3 aromatic rings. The van der Waals surface area contributed by atoms with Gasteiger partial charge in [-0.3, -0.25) is 0 Å². The molecule has 0 bridgehead atoms. The zero-order valence-electron chi connectivity index (χ0n) is 12.2. The van der Waals surface area contributed by atoms with E-state index in [-0.39, 0.29) is 6.03 Å². The molecule has 0 aliphatic rings. The van der Waals surface area contributed by atoms with Crippen LogP contribution in [0.4, 0.5) is 16.2 Å². The molecular weight excluding hydrogens is 316 g/mol. The van der Waals surface area contributed by atoms with Gasteiger partial charge in [-0.25, -0.2) is 4.79 Å². The SMILES string of the molecule is Cc1nnc(-c2ccc(NC(=O)Nc3cccc(Cl)c3)cc2)o1. The highest BCUT2D eigenvalue weighted by atomic mass is 35.5. The molecule has 0 unspecified atom stereocenters. The van der Waals surface area contributed by atoms with Crippen LogP contribution in [0.3, 0.4) is 0 Å². The summed E-state index contributed by atoms with van der Waals surface area (Å²) in [5.74, 6) is 0.945. The number of carbonyl (C=O) groups excluding carboxylic acids is 1. The van der Waals surface area contributed by atoms with Gasteiger partial charge in [-0.05, 0) is 42.5 Å². The fourth-order valence-corrected chi connectivity index (χ4v) is 2.16. The molecule has 0 radical (unpaired) electrons. The maximum atomic E-state index is 11.9. The number of aryl methyl sites for hydroxylation is 1. The van der Waals surface area contributed by atoms with Gasteiger partial charge in [0.2, 0.25) is 11.8 Å². The highest BCUT2D eigenvalue weighted by molar-refractivity contribution is 6.30. The number of halogens is 1. The third-order valence-electron chi connectivity index (χ3n) is 3.00. The lowest BCUT2D eigenvalue weighted by Crippen LogP contribution is -2.19. The molecule has 3 rings (SSSR count). The molecular formula is C16H13ClN4O2. The monoisotopic (exact) mass is 328 g/mol. The molecule has 2 N–H and O–H groups in total. The number of aromatic nitrogens is 2. The van der Waals surface area contributed by atoms with Crippen molar-refractivity contribution < 1.29 is 9.21 Å². The normalized spacial score (nSPS) is 10.3. The van der Waals surface area contributed by atoms with Crippen LogP contribution in [0, 0.1) is 6.92 Å². The van der Waals surface area contributed by atoms with Crippen molar-refractivity contribution in [3.63, 3.8) is 0 Å². The van der Waals surface area contributed by atoms with Gasteiger partial charge in [0.1, 0.15) is 0 Å². The van der Waals surface area contributed by atoms with Crippen LogP contribution < -0.4 is 10.6 Å². The highest BCUT2D eigenvalue weighted by Gasteiger charge is 2.07. The van der Waals surface area contributed by atoms with E-state index in [1.54, 1.807) is 55.5 Å². The lowest BCUT2D eigenvalue weighted by Gasteiger charge is -2.08. The number of urea groups is 1. The number of benzene rings is 2. The van der Waals surface area contributed by atoms with E-state index >= 15 is 0 Å². The first kappa shape index (κ1) is 15.1. The van der Waals surface area contributed by atoms with Crippen LogP contribution in [0.1, 0.15) is 5.89 Å². The molecule has 0 atom stereocenters. The maximum Gasteiger partial charge on any atom is 0.323 e. The van der Waals surface area contributed by atoms with Crippen molar-refractivity contribution in [3.8, 4) is 11.5 Å². The fourth-order valence-electron chi connectivity index (χ4n) is 1.97. The van der Waals surface area contributed by atoms with Crippen molar-refractivity contribution in [2.45, 2.75) is 6.92 Å². The van der Waals surface area contributed by atoms with Crippen molar-refractivity contribution >= 4 is 29.0 Å². The standard InChI is InChI=1S/C16H13ClN4O2/c1-10-20-21-15(23-10)11-5-7-13(8-6-11)18-16(22)19-14-4-2-3-12(17)9-14/h2-9H,1H3,(H2,18,19,22). The van der Waals surface area contributed by atoms with E-state index in [9.17, 15) is 4.79 Å². The number of rotatable bonds is 3. The number of amides is 2. The summed E-state index contributed by atoms with van der Waals surface area (Å²) < 4.78 is 5.35. The second kappa shape index (κ2) is 6.50. The van der Waals surface area contributed by atoms with Crippen LogP contribution in [-0.2, 0) is 0 Å². The lowest BCUT2D eigenvalue weighted by molar-refractivity contribution is 0.262. The first-order chi connectivity index (χ1) is 11.1. The molecule has 1 heterocycles. The summed E-state index contributed by atoms with van der Waals surface area (Å²) in [7, 11) is 0. The zero-order valence-corrected chi connectivity index (χ0v) is 13.0. The molecule has 0 saturated carbocycles. The average molecular weight is 329 g/mol. The second-order valence-corrected chi connectivity index (χ2v) is 5.23. The largest absolute Gasteiger partial charge is 0.421 e. The van der Waals surface area contributed by atoms with E-state index in [0.717, 1.165) is 5.56 Å². The van der Waals surface area contributed by atoms with Crippen LogP contribution in [0.2, 0.25) is 5.02 Å². The molecule has 23 heavy (non-hydrogen) atoms. The van der Waals surface area contributed by atoms with Crippen molar-refractivity contribution in [1.29, 1.82) is 0 Å². The van der Waals surface area contributed by atoms with Gasteiger partial charge in [0.15, 0.2) is 0 Å². The molecule has 0 aliphatic carbocycles. The van der Waals surface area contributed by atoms with E-state index < -0.39 is 0 Å². The minimum Gasteiger partial charge on any atom is -0.421 e. The number of hydrogen-bond donors (Lipinski definition) is 2. The molecule has 0 fully saturated rings. The van der Waals surface area contributed by atoms with E-state index in [4.69, 9.17) is 16.0 Å². The van der Waals surface area contributed by atoms with Gasteiger partial charge in [0.25, 0.3) is 0 Å². The molecule has 0 spiro atoms. The smallest absolute Gasteiger partial charge is 0.323 e.